The third-order valence-electron chi connectivity index (χ3n) is 9.56. The summed E-state index contributed by atoms with van der Waals surface area (Å²) in [5.41, 5.74) is 3.79. The Morgan fingerprint density at radius 3 is 1.35 bits per heavy atom. The minimum absolute atomic E-state index is 0. The van der Waals surface area contributed by atoms with Crippen molar-refractivity contribution >= 4 is 57.3 Å². The second-order valence-corrected chi connectivity index (χ2v) is 19.9. The van der Waals surface area contributed by atoms with E-state index in [1.165, 1.54) is 12.7 Å². The molecule has 0 amide bonds. The summed E-state index contributed by atoms with van der Waals surface area (Å²) in [7, 11) is -6.58. The van der Waals surface area contributed by atoms with Crippen LogP contribution >= 0.6 is 14.3 Å². The zero-order valence-electron chi connectivity index (χ0n) is 30.2. The largest absolute Gasteiger partial charge is 2.00 e. The first-order valence-electron chi connectivity index (χ1n) is 17.3. The maximum absolute atomic E-state index is 15.4. The van der Waals surface area contributed by atoms with Gasteiger partial charge in [-0.2, -0.15) is 35.0 Å². The summed E-state index contributed by atoms with van der Waals surface area (Å²) in [4.78, 5) is 22.1. The van der Waals surface area contributed by atoms with E-state index in [0.29, 0.717) is 38.2 Å². The van der Waals surface area contributed by atoms with Gasteiger partial charge in [0.1, 0.15) is 26.9 Å². The smallest absolute Gasteiger partial charge is 0.328 e. The van der Waals surface area contributed by atoms with Crippen LogP contribution in [0.5, 0.6) is 0 Å². The summed E-state index contributed by atoms with van der Waals surface area (Å²) in [6.45, 7) is 7.85. The molecule has 0 N–H and O–H groups in total. The van der Waals surface area contributed by atoms with Gasteiger partial charge >= 0.3 is 40.8 Å². The Labute approximate surface area is 348 Å². The van der Waals surface area contributed by atoms with E-state index in [2.05, 4.69) is 49.2 Å². The summed E-state index contributed by atoms with van der Waals surface area (Å²) in [5.74, 6) is 0.341. The van der Waals surface area contributed by atoms with Crippen molar-refractivity contribution in [2.45, 2.75) is 39.0 Å². The standard InChI is InChI=1S/C43H34N6O2P2.2Pd/c1-29(2)52(50,33-13-9-11-31(23-33)39-15-5-7-21-45-39)35-17-19-37-38-20-18-36(26-42(38)49(41(37)25-35)43-47-27-44-28-48-43)53(51,30(3)4)34-14-10-12-32(24-34)40-16-6-8-22-46-40;;/h5-22,27-30H,1-4H3;;/q-4;2*+2. The van der Waals surface area contributed by atoms with Crippen LogP contribution in [0.2, 0.25) is 0 Å². The second kappa shape index (κ2) is 16.5. The third kappa shape index (κ3) is 7.18. The van der Waals surface area contributed by atoms with Crippen molar-refractivity contribution in [3.63, 3.8) is 0 Å². The summed E-state index contributed by atoms with van der Waals surface area (Å²) >= 11 is 0. The van der Waals surface area contributed by atoms with Gasteiger partial charge in [0.2, 0.25) is 5.95 Å². The van der Waals surface area contributed by atoms with E-state index in [1.54, 1.807) is 12.4 Å². The molecule has 2 unspecified atom stereocenters. The van der Waals surface area contributed by atoms with Crippen molar-refractivity contribution < 1.29 is 50.0 Å². The van der Waals surface area contributed by atoms with Gasteiger partial charge in [-0.05, 0) is 23.5 Å². The maximum Gasteiger partial charge on any atom is 2.00 e. The first-order chi connectivity index (χ1) is 25.7. The predicted molar refractivity (Wildman–Crippen MR) is 213 cm³/mol. The van der Waals surface area contributed by atoms with Crippen molar-refractivity contribution in [3.05, 3.63) is 146 Å². The van der Waals surface area contributed by atoms with Gasteiger partial charge in [-0.15, -0.1) is 71.8 Å². The third-order valence-corrected chi connectivity index (χ3v) is 16.4. The molecule has 8 aromatic rings. The molecule has 4 aromatic carbocycles. The molecule has 0 radical (unpaired) electrons. The molecule has 55 heavy (non-hydrogen) atoms. The number of hydrogen-bond donors (Lipinski definition) is 0. The molecule has 0 saturated carbocycles. The zero-order valence-corrected chi connectivity index (χ0v) is 35.1. The molecule has 0 bridgehead atoms. The van der Waals surface area contributed by atoms with Crippen LogP contribution in [0.4, 0.5) is 0 Å². The van der Waals surface area contributed by atoms with Gasteiger partial charge in [0.15, 0.2) is 0 Å². The predicted octanol–water partition coefficient (Wildman–Crippen LogP) is 7.73. The number of benzene rings is 4. The number of nitrogens with zero attached hydrogens (tertiary/aromatic N) is 6. The van der Waals surface area contributed by atoms with Crippen LogP contribution in [-0.4, -0.2) is 40.8 Å². The fourth-order valence-corrected chi connectivity index (χ4v) is 11.9. The number of rotatable bonds is 9. The normalized spacial score (nSPS) is 13.6. The van der Waals surface area contributed by atoms with E-state index >= 15 is 9.13 Å². The number of fused-ring (bicyclic) bond motifs is 3. The number of hydrogen-bond acceptors (Lipinski definition) is 7. The Kier molecular flexibility index (Phi) is 12.1. The topological polar surface area (TPSA) is 104 Å². The van der Waals surface area contributed by atoms with E-state index < -0.39 is 14.3 Å². The van der Waals surface area contributed by atoms with Crippen LogP contribution < -0.4 is 21.2 Å². The Morgan fingerprint density at radius 2 is 0.945 bits per heavy atom. The van der Waals surface area contributed by atoms with Crippen molar-refractivity contribution in [2.24, 2.45) is 0 Å². The molecule has 0 aliphatic heterocycles. The van der Waals surface area contributed by atoms with E-state index in [-0.39, 0.29) is 52.2 Å². The summed E-state index contributed by atoms with van der Waals surface area (Å²) in [6.07, 6.45) is 6.34. The Bertz CT molecular complexity index is 2540. The van der Waals surface area contributed by atoms with E-state index in [4.69, 9.17) is 0 Å². The van der Waals surface area contributed by atoms with Crippen LogP contribution in [0.1, 0.15) is 27.7 Å². The monoisotopic (exact) mass is 940 g/mol. The summed E-state index contributed by atoms with van der Waals surface area (Å²) in [6, 6.07) is 44.5. The molecule has 0 aliphatic carbocycles. The molecule has 0 spiro atoms. The van der Waals surface area contributed by atoms with E-state index in [9.17, 15) is 0 Å². The first-order valence-corrected chi connectivity index (χ1v) is 20.9. The number of aromatic nitrogens is 6. The first kappa shape index (κ1) is 40.4. The van der Waals surface area contributed by atoms with Crippen LogP contribution in [-0.2, 0) is 50.0 Å². The van der Waals surface area contributed by atoms with Crippen LogP contribution in [0, 0.1) is 24.3 Å². The van der Waals surface area contributed by atoms with Crippen molar-refractivity contribution in [3.8, 4) is 28.5 Å². The Hall–Kier alpha value is -4.23. The van der Waals surface area contributed by atoms with Gasteiger partial charge in [0.05, 0.1) is 0 Å². The second-order valence-electron chi connectivity index (χ2n) is 13.3. The van der Waals surface area contributed by atoms with E-state index in [1.807, 2.05) is 129 Å². The average molecular weight is 942 g/mol. The SMILES string of the molecule is CC(C)P(=O)(c1[c-]c(-c2ccccn2)ccc1)c1[c-]c2c(cc1)c1ccc(P(=O)(c3[c-]c(-c4ccccn4)ccc3)C(C)C)[c-]c1n2-c1ncncn1.[Pd+2].[Pd+2]. The van der Waals surface area contributed by atoms with Crippen molar-refractivity contribution in [1.29, 1.82) is 0 Å². The average Bonchev–Trinajstić information content (AvgIpc) is 3.54. The maximum atomic E-state index is 15.4. The Balaban J connectivity index is 0.00000257. The van der Waals surface area contributed by atoms with Crippen LogP contribution in [0.25, 0.3) is 50.3 Å². The molecular formula is C43H34N6O2P2Pd2. The minimum atomic E-state index is -3.29. The molecule has 0 aliphatic rings. The minimum Gasteiger partial charge on any atom is -0.328 e. The Morgan fingerprint density at radius 1 is 0.509 bits per heavy atom. The quantitative estimate of drug-likeness (QED) is 0.0830. The van der Waals surface area contributed by atoms with Gasteiger partial charge in [-0.3, -0.25) is 0 Å². The zero-order chi connectivity index (χ0) is 36.7. The molecule has 4 heterocycles. The van der Waals surface area contributed by atoms with Gasteiger partial charge in [-0.1, -0.05) is 84.2 Å². The fourth-order valence-electron chi connectivity index (χ4n) is 6.79. The van der Waals surface area contributed by atoms with Crippen molar-refractivity contribution in [1.82, 2.24) is 29.5 Å². The molecule has 278 valence electrons. The number of pyridine rings is 2. The molecule has 8 nitrogen and oxygen atoms in total. The van der Waals surface area contributed by atoms with Crippen molar-refractivity contribution in [2.75, 3.05) is 0 Å². The van der Waals surface area contributed by atoms with Gasteiger partial charge < -0.3 is 23.7 Å². The molecule has 4 aromatic heterocycles. The molecular weight excluding hydrogens is 907 g/mol. The summed E-state index contributed by atoms with van der Waals surface area (Å²) < 4.78 is 32.6. The summed E-state index contributed by atoms with van der Waals surface area (Å²) in [5, 5.41) is 4.01. The molecule has 0 saturated heterocycles. The molecule has 0 fully saturated rings. The molecule has 2 atom stereocenters. The van der Waals surface area contributed by atoms with Gasteiger partial charge in [0, 0.05) is 23.7 Å². The van der Waals surface area contributed by atoms with Gasteiger partial charge in [0.25, 0.3) is 0 Å². The fraction of sp³-hybridized carbons (Fsp3) is 0.140. The van der Waals surface area contributed by atoms with E-state index in [0.717, 1.165) is 33.3 Å². The molecule has 8 rings (SSSR count). The van der Waals surface area contributed by atoms with Crippen LogP contribution in [0.15, 0.2) is 122 Å². The van der Waals surface area contributed by atoms with Crippen LogP contribution in [0.3, 0.4) is 0 Å². The van der Waals surface area contributed by atoms with Gasteiger partial charge in [-0.25, -0.2) is 15.0 Å². The molecule has 12 heteroatoms.